The summed E-state index contributed by atoms with van der Waals surface area (Å²) in [5.41, 5.74) is 1.17. The van der Waals surface area contributed by atoms with Crippen LogP contribution in [0.1, 0.15) is 34.7 Å². The van der Waals surface area contributed by atoms with Gasteiger partial charge in [-0.05, 0) is 42.7 Å². The molecule has 0 aliphatic carbocycles. The predicted octanol–water partition coefficient (Wildman–Crippen LogP) is 2.93. The fourth-order valence-corrected chi connectivity index (χ4v) is 5.74. The van der Waals surface area contributed by atoms with E-state index in [4.69, 9.17) is 18.6 Å². The minimum atomic E-state index is -3.81. The van der Waals surface area contributed by atoms with E-state index in [0.29, 0.717) is 30.2 Å². The molecule has 1 aromatic carbocycles. The Morgan fingerprint density at radius 1 is 1.25 bits per heavy atom. The molecule has 0 bridgehead atoms. The highest BCUT2D eigenvalue weighted by Gasteiger charge is 2.29. The van der Waals surface area contributed by atoms with Gasteiger partial charge in [-0.25, -0.2) is 13.4 Å². The molecule has 1 atom stereocenters. The lowest BCUT2D eigenvalue weighted by molar-refractivity contribution is 0.0477. The first-order valence-corrected chi connectivity index (χ1v) is 13.4. The molecule has 2 aromatic heterocycles. The fourth-order valence-electron chi connectivity index (χ4n) is 4.24. The van der Waals surface area contributed by atoms with Gasteiger partial charge in [-0.1, -0.05) is 12.1 Å². The molecule has 1 saturated heterocycles. The zero-order valence-electron chi connectivity index (χ0n) is 20.5. The summed E-state index contributed by atoms with van der Waals surface area (Å²) in [7, 11) is -0.728. The molecule has 1 amide bonds. The van der Waals surface area contributed by atoms with E-state index in [1.165, 1.54) is 19.6 Å². The molecule has 0 radical (unpaired) electrons. The number of nitrogens with zero attached hydrogens (tertiary/aromatic N) is 3. The number of methoxy groups -OCH3 is 2. The van der Waals surface area contributed by atoms with Gasteiger partial charge in [0.25, 0.3) is 5.91 Å². The molecular weight excluding hydrogens is 486 g/mol. The summed E-state index contributed by atoms with van der Waals surface area (Å²) in [5, 5.41) is -0.0696. The number of benzene rings is 1. The molecule has 36 heavy (non-hydrogen) atoms. The first-order valence-electron chi connectivity index (χ1n) is 11.7. The number of furan rings is 1. The lowest BCUT2D eigenvalue weighted by atomic mass is 10.2. The third-order valence-corrected chi connectivity index (χ3v) is 7.61. The average molecular weight is 518 g/mol. The third kappa shape index (κ3) is 6.15. The number of carbonyl (C=O) groups is 1. The Morgan fingerprint density at radius 2 is 2.11 bits per heavy atom. The molecular formula is C25H31N3O7S. The van der Waals surface area contributed by atoms with Gasteiger partial charge in [-0.3, -0.25) is 4.79 Å². The normalized spacial score (nSPS) is 15.8. The highest BCUT2D eigenvalue weighted by molar-refractivity contribution is 7.90. The zero-order chi connectivity index (χ0) is 25.5. The van der Waals surface area contributed by atoms with Crippen molar-refractivity contribution < 1.29 is 31.8 Å². The molecule has 4 rings (SSSR count). The highest BCUT2D eigenvalue weighted by Crippen LogP contribution is 2.23. The van der Waals surface area contributed by atoms with Crippen LogP contribution in [0.5, 0.6) is 5.75 Å². The number of hydrogen-bond acceptors (Lipinski definition) is 8. The molecule has 1 aliphatic heterocycles. The van der Waals surface area contributed by atoms with Crippen LogP contribution >= 0.6 is 0 Å². The van der Waals surface area contributed by atoms with Gasteiger partial charge in [0.1, 0.15) is 5.75 Å². The molecule has 194 valence electrons. The first-order chi connectivity index (χ1) is 17.4. The van der Waals surface area contributed by atoms with Gasteiger partial charge >= 0.3 is 0 Å². The Kier molecular flexibility index (Phi) is 8.44. The standard InChI is InChI=1S/C25H31N3O7S/c1-32-13-10-28-20(15-26-25(28)36(30,31)18-19-6-3-7-21(14-19)33-2)16-27(17-22-8-4-11-34-22)24(29)23-9-5-12-35-23/h3,5-7,9,12,14-15,22H,4,8,10-11,13,16-18H2,1-2H3. The summed E-state index contributed by atoms with van der Waals surface area (Å²) in [6, 6.07) is 10.2. The van der Waals surface area contributed by atoms with E-state index in [-0.39, 0.29) is 48.4 Å². The largest absolute Gasteiger partial charge is 0.497 e. The summed E-state index contributed by atoms with van der Waals surface area (Å²) in [6.07, 6.45) is 4.66. The van der Waals surface area contributed by atoms with Gasteiger partial charge in [0.2, 0.25) is 15.0 Å². The lowest BCUT2D eigenvalue weighted by Crippen LogP contribution is -2.37. The van der Waals surface area contributed by atoms with E-state index in [2.05, 4.69) is 4.98 Å². The fraction of sp³-hybridized carbons (Fsp3) is 0.440. The van der Waals surface area contributed by atoms with Crippen molar-refractivity contribution >= 4 is 15.7 Å². The van der Waals surface area contributed by atoms with E-state index in [9.17, 15) is 13.2 Å². The molecule has 0 saturated carbocycles. The molecule has 1 unspecified atom stereocenters. The number of rotatable bonds is 12. The number of aromatic nitrogens is 2. The number of ether oxygens (including phenoxy) is 3. The van der Waals surface area contributed by atoms with Crippen molar-refractivity contribution in [3.05, 3.63) is 65.9 Å². The Morgan fingerprint density at radius 3 is 2.81 bits per heavy atom. The maximum atomic E-state index is 13.4. The Bertz CT molecular complexity index is 1250. The second-order valence-corrected chi connectivity index (χ2v) is 10.5. The van der Waals surface area contributed by atoms with Crippen molar-refractivity contribution in [2.45, 2.75) is 42.9 Å². The second kappa shape index (κ2) is 11.7. The van der Waals surface area contributed by atoms with Crippen molar-refractivity contribution in [2.75, 3.05) is 34.0 Å². The van der Waals surface area contributed by atoms with Crippen LogP contribution in [0.4, 0.5) is 0 Å². The Hall–Kier alpha value is -3.15. The monoisotopic (exact) mass is 517 g/mol. The van der Waals surface area contributed by atoms with Crippen LogP contribution in [-0.4, -0.2) is 68.9 Å². The van der Waals surface area contributed by atoms with Crippen LogP contribution in [0, 0.1) is 0 Å². The van der Waals surface area contributed by atoms with Crippen LogP contribution in [-0.2, 0) is 38.2 Å². The van der Waals surface area contributed by atoms with Crippen molar-refractivity contribution in [2.24, 2.45) is 0 Å². The van der Waals surface area contributed by atoms with E-state index < -0.39 is 9.84 Å². The van der Waals surface area contributed by atoms with Gasteiger partial charge < -0.3 is 28.1 Å². The van der Waals surface area contributed by atoms with Gasteiger partial charge in [-0.15, -0.1) is 0 Å². The van der Waals surface area contributed by atoms with Crippen LogP contribution in [0.25, 0.3) is 0 Å². The zero-order valence-corrected chi connectivity index (χ0v) is 21.3. The SMILES string of the molecule is COCCn1c(CN(CC2CCCO2)C(=O)c2ccco2)cnc1S(=O)(=O)Cc1cccc(OC)c1. The van der Waals surface area contributed by atoms with Crippen LogP contribution in [0.15, 0.2) is 58.4 Å². The summed E-state index contributed by atoms with van der Waals surface area (Å²) >= 11 is 0. The van der Waals surface area contributed by atoms with Crippen molar-refractivity contribution in [1.82, 2.24) is 14.5 Å². The van der Waals surface area contributed by atoms with E-state index in [1.807, 2.05) is 0 Å². The molecule has 1 fully saturated rings. The molecule has 10 nitrogen and oxygen atoms in total. The summed E-state index contributed by atoms with van der Waals surface area (Å²) in [5.74, 6) is 0.253. The smallest absolute Gasteiger partial charge is 0.289 e. The van der Waals surface area contributed by atoms with Crippen molar-refractivity contribution in [3.8, 4) is 5.75 Å². The summed E-state index contributed by atoms with van der Waals surface area (Å²) in [6.45, 7) is 1.71. The van der Waals surface area contributed by atoms with Crippen LogP contribution < -0.4 is 4.74 Å². The van der Waals surface area contributed by atoms with Crippen molar-refractivity contribution in [3.63, 3.8) is 0 Å². The minimum absolute atomic E-state index is 0.0696. The predicted molar refractivity (Wildman–Crippen MR) is 130 cm³/mol. The van der Waals surface area contributed by atoms with E-state index in [0.717, 1.165) is 12.8 Å². The van der Waals surface area contributed by atoms with Gasteiger partial charge in [0, 0.05) is 26.8 Å². The lowest BCUT2D eigenvalue weighted by Gasteiger charge is -2.25. The van der Waals surface area contributed by atoms with Gasteiger partial charge in [0.05, 0.1) is 50.3 Å². The average Bonchev–Trinajstić information content (AvgIpc) is 3.64. The third-order valence-electron chi connectivity index (χ3n) is 6.01. The quantitative estimate of drug-likeness (QED) is 0.360. The molecule has 0 N–H and O–H groups in total. The highest BCUT2D eigenvalue weighted by atomic mass is 32.2. The van der Waals surface area contributed by atoms with Gasteiger partial charge in [-0.2, -0.15) is 0 Å². The van der Waals surface area contributed by atoms with E-state index >= 15 is 0 Å². The number of imidazole rings is 1. The minimum Gasteiger partial charge on any atom is -0.497 e. The Labute approximate surface area is 210 Å². The number of amides is 1. The topological polar surface area (TPSA) is 113 Å². The molecule has 11 heteroatoms. The maximum absolute atomic E-state index is 13.4. The summed E-state index contributed by atoms with van der Waals surface area (Å²) < 4.78 is 50.0. The maximum Gasteiger partial charge on any atom is 0.289 e. The number of carbonyl (C=O) groups excluding carboxylic acids is 1. The molecule has 0 spiro atoms. The molecule has 1 aliphatic rings. The number of sulfone groups is 1. The second-order valence-electron chi connectivity index (χ2n) is 8.59. The van der Waals surface area contributed by atoms with Gasteiger partial charge in [0.15, 0.2) is 5.76 Å². The number of hydrogen-bond donors (Lipinski definition) is 0. The van der Waals surface area contributed by atoms with E-state index in [1.54, 1.807) is 53.0 Å². The van der Waals surface area contributed by atoms with Crippen LogP contribution in [0.3, 0.4) is 0 Å². The van der Waals surface area contributed by atoms with Crippen LogP contribution in [0.2, 0.25) is 0 Å². The summed E-state index contributed by atoms with van der Waals surface area (Å²) in [4.78, 5) is 19.1. The first kappa shape index (κ1) is 25.9. The molecule has 3 aromatic rings. The van der Waals surface area contributed by atoms with Crippen molar-refractivity contribution in [1.29, 1.82) is 0 Å². The Balaban J connectivity index is 1.63. The molecule has 3 heterocycles.